The van der Waals surface area contributed by atoms with Crippen molar-refractivity contribution in [3.05, 3.63) is 47.5 Å². The number of alkyl halides is 1. The Morgan fingerprint density at radius 1 is 1.04 bits per heavy atom. The van der Waals surface area contributed by atoms with Gasteiger partial charge in [-0.2, -0.15) is 0 Å². The molecule has 1 fully saturated rings. The van der Waals surface area contributed by atoms with Gasteiger partial charge in [-0.3, -0.25) is 4.39 Å². The SMILES string of the molecule is COCc1ccc([C@H]2CC[C@H](CCC=CCCCF)CC2)cc1. The minimum Gasteiger partial charge on any atom is -0.380 e. The van der Waals surface area contributed by atoms with Gasteiger partial charge in [0, 0.05) is 7.11 Å². The van der Waals surface area contributed by atoms with Crippen LogP contribution in [0.4, 0.5) is 4.39 Å². The maximum atomic E-state index is 12.0. The zero-order valence-corrected chi connectivity index (χ0v) is 14.5. The van der Waals surface area contributed by atoms with E-state index in [1.807, 2.05) is 0 Å². The highest BCUT2D eigenvalue weighted by Crippen LogP contribution is 2.37. The average molecular weight is 318 g/mol. The standard InChI is InChI=1S/C21H31FO/c1-23-17-19-10-14-21(15-11-19)20-12-8-18(9-13-20)7-5-3-2-4-6-16-22/h2-3,10-11,14-15,18,20H,4-9,12-13,16-17H2,1H3/t18-,20-. The Kier molecular flexibility index (Phi) is 8.38. The van der Waals surface area contributed by atoms with Crippen molar-refractivity contribution < 1.29 is 9.13 Å². The summed E-state index contributed by atoms with van der Waals surface area (Å²) in [6.07, 6.45) is 13.8. The molecular weight excluding hydrogens is 287 g/mol. The molecule has 2 rings (SSSR count). The molecule has 0 radical (unpaired) electrons. The first-order valence-electron chi connectivity index (χ1n) is 9.12. The van der Waals surface area contributed by atoms with Gasteiger partial charge in [0.1, 0.15) is 0 Å². The highest BCUT2D eigenvalue weighted by molar-refractivity contribution is 5.25. The molecule has 0 unspecified atom stereocenters. The van der Waals surface area contributed by atoms with Crippen molar-refractivity contribution in [3.63, 3.8) is 0 Å². The summed E-state index contributed by atoms with van der Waals surface area (Å²) in [5, 5.41) is 0. The van der Waals surface area contributed by atoms with Crippen molar-refractivity contribution in [2.24, 2.45) is 5.92 Å². The van der Waals surface area contributed by atoms with Crippen LogP contribution in [-0.2, 0) is 11.3 Å². The molecule has 23 heavy (non-hydrogen) atoms. The largest absolute Gasteiger partial charge is 0.380 e. The van der Waals surface area contributed by atoms with E-state index in [0.29, 0.717) is 13.0 Å². The van der Waals surface area contributed by atoms with Crippen molar-refractivity contribution in [2.75, 3.05) is 13.8 Å². The topological polar surface area (TPSA) is 9.23 Å². The lowest BCUT2D eigenvalue weighted by molar-refractivity contribution is 0.185. The molecule has 0 N–H and O–H groups in total. The van der Waals surface area contributed by atoms with Crippen LogP contribution < -0.4 is 0 Å². The van der Waals surface area contributed by atoms with E-state index in [0.717, 1.165) is 24.7 Å². The van der Waals surface area contributed by atoms with Gasteiger partial charge in [0.05, 0.1) is 13.3 Å². The monoisotopic (exact) mass is 318 g/mol. The molecule has 1 aromatic carbocycles. The van der Waals surface area contributed by atoms with Crippen molar-refractivity contribution in [1.82, 2.24) is 0 Å². The smallest absolute Gasteiger partial charge is 0.0897 e. The molecule has 0 aliphatic heterocycles. The Balaban J connectivity index is 1.68. The van der Waals surface area contributed by atoms with Crippen molar-refractivity contribution in [1.29, 1.82) is 0 Å². The number of hydrogen-bond acceptors (Lipinski definition) is 1. The van der Waals surface area contributed by atoms with Crippen LogP contribution in [0.15, 0.2) is 36.4 Å². The lowest BCUT2D eigenvalue weighted by atomic mass is 9.77. The van der Waals surface area contributed by atoms with Crippen LogP contribution in [-0.4, -0.2) is 13.8 Å². The molecule has 1 aromatic rings. The van der Waals surface area contributed by atoms with Gasteiger partial charge in [-0.05, 0) is 74.3 Å². The van der Waals surface area contributed by atoms with Gasteiger partial charge >= 0.3 is 0 Å². The van der Waals surface area contributed by atoms with Gasteiger partial charge in [0.15, 0.2) is 0 Å². The molecule has 0 saturated heterocycles. The van der Waals surface area contributed by atoms with E-state index >= 15 is 0 Å². The summed E-state index contributed by atoms with van der Waals surface area (Å²) < 4.78 is 17.2. The summed E-state index contributed by atoms with van der Waals surface area (Å²) in [6.45, 7) is 0.507. The number of allylic oxidation sites excluding steroid dienone is 2. The maximum Gasteiger partial charge on any atom is 0.0897 e. The normalized spacial score (nSPS) is 21.8. The minimum absolute atomic E-state index is 0.194. The minimum atomic E-state index is -0.194. The Morgan fingerprint density at radius 2 is 1.74 bits per heavy atom. The van der Waals surface area contributed by atoms with Crippen molar-refractivity contribution in [3.8, 4) is 0 Å². The summed E-state index contributed by atoms with van der Waals surface area (Å²) in [4.78, 5) is 0. The lowest BCUT2D eigenvalue weighted by Crippen LogP contribution is -2.13. The Labute approximate surface area is 140 Å². The van der Waals surface area contributed by atoms with Gasteiger partial charge in [-0.1, -0.05) is 36.4 Å². The summed E-state index contributed by atoms with van der Waals surface area (Å²) in [7, 11) is 1.74. The van der Waals surface area contributed by atoms with Crippen LogP contribution in [0.5, 0.6) is 0 Å². The van der Waals surface area contributed by atoms with Crippen LogP contribution in [0.2, 0.25) is 0 Å². The lowest BCUT2D eigenvalue weighted by Gasteiger charge is -2.28. The first-order chi connectivity index (χ1) is 11.3. The number of rotatable bonds is 9. The van der Waals surface area contributed by atoms with Crippen LogP contribution >= 0.6 is 0 Å². The Hall–Kier alpha value is -1.15. The van der Waals surface area contributed by atoms with E-state index in [2.05, 4.69) is 36.4 Å². The highest BCUT2D eigenvalue weighted by atomic mass is 19.1. The number of halogens is 1. The molecule has 0 atom stereocenters. The maximum absolute atomic E-state index is 12.0. The molecule has 0 bridgehead atoms. The summed E-state index contributed by atoms with van der Waals surface area (Å²) in [6, 6.07) is 8.97. The number of ether oxygens (including phenoxy) is 1. The number of unbranched alkanes of at least 4 members (excludes halogenated alkanes) is 1. The summed E-state index contributed by atoms with van der Waals surface area (Å²) in [5.74, 6) is 1.62. The molecule has 128 valence electrons. The Morgan fingerprint density at radius 3 is 2.39 bits per heavy atom. The first kappa shape index (κ1) is 18.2. The molecule has 1 aliphatic rings. The second-order valence-corrected chi connectivity index (χ2v) is 6.77. The predicted octanol–water partition coefficient (Wildman–Crippen LogP) is 6.19. The second-order valence-electron chi connectivity index (χ2n) is 6.77. The van der Waals surface area contributed by atoms with E-state index in [9.17, 15) is 4.39 Å². The first-order valence-corrected chi connectivity index (χ1v) is 9.12. The van der Waals surface area contributed by atoms with E-state index in [4.69, 9.17) is 4.74 Å². The van der Waals surface area contributed by atoms with Crippen molar-refractivity contribution in [2.45, 2.75) is 63.9 Å². The van der Waals surface area contributed by atoms with E-state index in [-0.39, 0.29) is 6.67 Å². The Bertz CT molecular complexity index is 443. The molecule has 0 heterocycles. The molecule has 0 spiro atoms. The quantitative estimate of drug-likeness (QED) is 0.389. The van der Waals surface area contributed by atoms with E-state index in [1.54, 1.807) is 7.11 Å². The summed E-state index contributed by atoms with van der Waals surface area (Å²) in [5.41, 5.74) is 2.75. The van der Waals surface area contributed by atoms with E-state index in [1.165, 1.54) is 43.2 Å². The van der Waals surface area contributed by atoms with E-state index < -0.39 is 0 Å². The number of hydrogen-bond donors (Lipinski definition) is 0. The molecule has 0 amide bonds. The van der Waals surface area contributed by atoms with Gasteiger partial charge < -0.3 is 4.74 Å². The molecule has 1 saturated carbocycles. The van der Waals surface area contributed by atoms with Crippen molar-refractivity contribution >= 4 is 0 Å². The molecule has 2 heteroatoms. The number of methoxy groups -OCH3 is 1. The van der Waals surface area contributed by atoms with Gasteiger partial charge in [0.2, 0.25) is 0 Å². The zero-order valence-electron chi connectivity index (χ0n) is 14.5. The third kappa shape index (κ3) is 6.47. The van der Waals surface area contributed by atoms with Gasteiger partial charge in [-0.25, -0.2) is 0 Å². The van der Waals surface area contributed by atoms with Crippen LogP contribution in [0.3, 0.4) is 0 Å². The highest BCUT2D eigenvalue weighted by Gasteiger charge is 2.21. The van der Waals surface area contributed by atoms with Gasteiger partial charge in [0.25, 0.3) is 0 Å². The van der Waals surface area contributed by atoms with Crippen LogP contribution in [0.25, 0.3) is 0 Å². The number of benzene rings is 1. The fraction of sp³-hybridized carbons (Fsp3) is 0.619. The molecule has 1 aliphatic carbocycles. The summed E-state index contributed by atoms with van der Waals surface area (Å²) >= 11 is 0. The fourth-order valence-corrected chi connectivity index (χ4v) is 3.60. The van der Waals surface area contributed by atoms with Gasteiger partial charge in [-0.15, -0.1) is 0 Å². The fourth-order valence-electron chi connectivity index (χ4n) is 3.60. The predicted molar refractivity (Wildman–Crippen MR) is 95.4 cm³/mol. The average Bonchev–Trinajstić information content (AvgIpc) is 2.60. The molecule has 1 nitrogen and oxygen atoms in total. The van der Waals surface area contributed by atoms with Crippen LogP contribution in [0, 0.1) is 5.92 Å². The molecule has 0 aromatic heterocycles. The second kappa shape index (κ2) is 10.6. The molecular formula is C21H31FO. The third-order valence-electron chi connectivity index (χ3n) is 5.02. The third-order valence-corrected chi connectivity index (χ3v) is 5.02. The van der Waals surface area contributed by atoms with Crippen LogP contribution in [0.1, 0.15) is 68.4 Å². The zero-order chi connectivity index (χ0) is 16.3.